The largest absolute Gasteiger partial charge is 0.368 e. The van der Waals surface area contributed by atoms with Gasteiger partial charge in [0, 0.05) is 10.7 Å². The molecule has 1 atom stereocenters. The molecule has 2 aromatic carbocycles. The van der Waals surface area contributed by atoms with E-state index < -0.39 is 17.3 Å². The Labute approximate surface area is 131 Å². The number of nitrogens with two attached hydrogens (primary N) is 1. The lowest BCUT2D eigenvalue weighted by Crippen LogP contribution is -2.45. The van der Waals surface area contributed by atoms with E-state index in [0.717, 1.165) is 0 Å². The predicted molar refractivity (Wildman–Crippen MR) is 83.0 cm³/mol. The Kier molecular flexibility index (Phi) is 4.40. The summed E-state index contributed by atoms with van der Waals surface area (Å²) in [7, 11) is 0. The second kappa shape index (κ2) is 5.92. The van der Waals surface area contributed by atoms with Crippen LogP contribution < -0.4 is 11.1 Å². The van der Waals surface area contributed by atoms with Crippen LogP contribution in [-0.2, 0) is 10.3 Å². The van der Waals surface area contributed by atoms with Crippen molar-refractivity contribution in [3.63, 3.8) is 0 Å². The molecule has 110 valence electrons. The monoisotopic (exact) mass is 326 g/mol. The normalized spacial score (nSPS) is 13.5. The number of benzene rings is 2. The number of rotatable bonds is 4. The van der Waals surface area contributed by atoms with E-state index >= 15 is 0 Å². The second-order valence-corrected chi connectivity index (χ2v) is 5.59. The molecule has 2 rings (SSSR count). The minimum absolute atomic E-state index is 0.0714. The van der Waals surface area contributed by atoms with E-state index in [2.05, 4.69) is 5.32 Å². The Morgan fingerprint density at radius 1 is 1.19 bits per heavy atom. The fraction of sp³-hybridized carbons (Fsp3) is 0.133. The van der Waals surface area contributed by atoms with Crippen molar-refractivity contribution in [1.29, 1.82) is 0 Å². The molecule has 0 aromatic heterocycles. The van der Waals surface area contributed by atoms with E-state index in [4.69, 9.17) is 28.9 Å². The minimum Gasteiger partial charge on any atom is -0.368 e. The molecule has 1 unspecified atom stereocenters. The minimum atomic E-state index is -1.23. The average molecular weight is 327 g/mol. The van der Waals surface area contributed by atoms with Gasteiger partial charge in [0.25, 0.3) is 0 Å². The Balaban J connectivity index is 2.42. The van der Waals surface area contributed by atoms with Crippen molar-refractivity contribution in [2.75, 3.05) is 5.32 Å². The van der Waals surface area contributed by atoms with Crippen molar-refractivity contribution < 1.29 is 9.18 Å². The number of halogens is 3. The first kappa shape index (κ1) is 15.6. The molecule has 0 saturated carbocycles. The fourth-order valence-corrected chi connectivity index (χ4v) is 2.21. The first-order valence-electron chi connectivity index (χ1n) is 6.12. The first-order valence-corrected chi connectivity index (χ1v) is 6.88. The van der Waals surface area contributed by atoms with Gasteiger partial charge in [0.2, 0.25) is 5.91 Å². The Morgan fingerprint density at radius 3 is 2.33 bits per heavy atom. The van der Waals surface area contributed by atoms with Crippen LogP contribution in [-0.4, -0.2) is 5.91 Å². The second-order valence-electron chi connectivity index (χ2n) is 4.75. The van der Waals surface area contributed by atoms with Crippen LogP contribution >= 0.6 is 23.2 Å². The molecule has 0 aliphatic carbocycles. The predicted octanol–water partition coefficient (Wildman–Crippen LogP) is 3.95. The van der Waals surface area contributed by atoms with E-state index in [1.165, 1.54) is 18.2 Å². The number of hydrogen-bond acceptors (Lipinski definition) is 2. The summed E-state index contributed by atoms with van der Waals surface area (Å²) in [6.07, 6.45) is 0. The van der Waals surface area contributed by atoms with Gasteiger partial charge < -0.3 is 11.1 Å². The summed E-state index contributed by atoms with van der Waals surface area (Å²) in [5, 5.41) is 3.53. The molecular formula is C15H13Cl2FN2O. The number of primary amides is 1. The van der Waals surface area contributed by atoms with Gasteiger partial charge in [-0.1, -0.05) is 29.3 Å². The standard InChI is InChI=1S/C15H13Cl2FN2O/c1-15(14(19)21,9-2-7-13(18)12(17)8-9)20-11-5-3-10(16)4-6-11/h2-8,20H,1H3,(H2,19,21). The third-order valence-corrected chi connectivity index (χ3v) is 3.77. The lowest BCUT2D eigenvalue weighted by molar-refractivity contribution is -0.122. The molecule has 3 N–H and O–H groups in total. The number of anilines is 1. The maximum Gasteiger partial charge on any atom is 0.247 e. The highest BCUT2D eigenvalue weighted by Crippen LogP contribution is 2.29. The summed E-state index contributed by atoms with van der Waals surface area (Å²) < 4.78 is 13.3. The highest BCUT2D eigenvalue weighted by atomic mass is 35.5. The quantitative estimate of drug-likeness (QED) is 0.893. The average Bonchev–Trinajstić information content (AvgIpc) is 2.44. The number of carbonyl (C=O) groups is 1. The van der Waals surface area contributed by atoms with Crippen LogP contribution in [0.15, 0.2) is 42.5 Å². The summed E-state index contributed by atoms with van der Waals surface area (Å²) in [6.45, 7) is 1.60. The molecule has 6 heteroatoms. The van der Waals surface area contributed by atoms with Crippen LogP contribution in [0.2, 0.25) is 10.0 Å². The molecule has 0 aliphatic rings. The SMILES string of the molecule is CC(Nc1ccc(Cl)cc1)(C(N)=O)c1ccc(F)c(Cl)c1. The van der Waals surface area contributed by atoms with Crippen LogP contribution in [0.3, 0.4) is 0 Å². The summed E-state index contributed by atoms with van der Waals surface area (Å²) in [4.78, 5) is 11.9. The zero-order valence-electron chi connectivity index (χ0n) is 11.2. The molecule has 0 heterocycles. The highest BCUT2D eigenvalue weighted by Gasteiger charge is 2.33. The summed E-state index contributed by atoms with van der Waals surface area (Å²) in [5.41, 5.74) is 5.40. The van der Waals surface area contributed by atoms with Crippen molar-refractivity contribution in [3.8, 4) is 0 Å². The van der Waals surface area contributed by atoms with Gasteiger partial charge in [0.1, 0.15) is 11.4 Å². The van der Waals surface area contributed by atoms with Gasteiger partial charge in [-0.05, 0) is 48.9 Å². The van der Waals surface area contributed by atoms with Gasteiger partial charge >= 0.3 is 0 Å². The number of carbonyl (C=O) groups excluding carboxylic acids is 1. The first-order chi connectivity index (χ1) is 9.83. The lowest BCUT2D eigenvalue weighted by Gasteiger charge is -2.29. The Hall–Kier alpha value is -1.78. The van der Waals surface area contributed by atoms with Crippen LogP contribution in [0.25, 0.3) is 0 Å². The van der Waals surface area contributed by atoms with Crippen molar-refractivity contribution >= 4 is 34.8 Å². The Bertz CT molecular complexity index is 676. The van der Waals surface area contributed by atoms with Crippen LogP contribution in [0, 0.1) is 5.82 Å². The topological polar surface area (TPSA) is 55.1 Å². The summed E-state index contributed by atoms with van der Waals surface area (Å²) >= 11 is 11.6. The third-order valence-electron chi connectivity index (χ3n) is 3.23. The van der Waals surface area contributed by atoms with Crippen LogP contribution in [0.4, 0.5) is 10.1 Å². The van der Waals surface area contributed by atoms with Crippen molar-refractivity contribution in [1.82, 2.24) is 0 Å². The van der Waals surface area contributed by atoms with E-state index in [0.29, 0.717) is 16.3 Å². The van der Waals surface area contributed by atoms with E-state index in [-0.39, 0.29) is 5.02 Å². The Morgan fingerprint density at radius 2 is 1.81 bits per heavy atom. The molecule has 3 nitrogen and oxygen atoms in total. The zero-order valence-corrected chi connectivity index (χ0v) is 12.7. The maximum atomic E-state index is 13.3. The molecule has 0 bridgehead atoms. The summed E-state index contributed by atoms with van der Waals surface area (Å²) in [6, 6.07) is 10.8. The molecule has 2 aromatic rings. The van der Waals surface area contributed by atoms with E-state index in [9.17, 15) is 9.18 Å². The van der Waals surface area contributed by atoms with Crippen LogP contribution in [0.5, 0.6) is 0 Å². The van der Waals surface area contributed by atoms with Gasteiger partial charge in [-0.15, -0.1) is 0 Å². The maximum absolute atomic E-state index is 13.3. The van der Waals surface area contributed by atoms with Crippen molar-refractivity contribution in [2.24, 2.45) is 5.73 Å². The third kappa shape index (κ3) is 3.28. The van der Waals surface area contributed by atoms with Gasteiger partial charge in [-0.25, -0.2) is 4.39 Å². The smallest absolute Gasteiger partial charge is 0.247 e. The molecule has 0 spiro atoms. The molecule has 0 radical (unpaired) electrons. The number of amides is 1. The molecular weight excluding hydrogens is 314 g/mol. The summed E-state index contributed by atoms with van der Waals surface area (Å²) in [5.74, 6) is -1.17. The highest BCUT2D eigenvalue weighted by molar-refractivity contribution is 6.31. The van der Waals surface area contributed by atoms with Crippen LogP contribution in [0.1, 0.15) is 12.5 Å². The molecule has 0 saturated heterocycles. The van der Waals surface area contributed by atoms with E-state index in [1.807, 2.05) is 0 Å². The lowest BCUT2D eigenvalue weighted by atomic mass is 9.90. The molecule has 21 heavy (non-hydrogen) atoms. The number of hydrogen-bond donors (Lipinski definition) is 2. The molecule has 0 aliphatic heterocycles. The molecule has 1 amide bonds. The number of nitrogens with one attached hydrogen (secondary N) is 1. The van der Waals surface area contributed by atoms with Crippen molar-refractivity contribution in [2.45, 2.75) is 12.5 Å². The van der Waals surface area contributed by atoms with Crippen molar-refractivity contribution in [3.05, 3.63) is 63.9 Å². The van der Waals surface area contributed by atoms with Gasteiger partial charge in [0.15, 0.2) is 0 Å². The van der Waals surface area contributed by atoms with Gasteiger partial charge in [-0.2, -0.15) is 0 Å². The van der Waals surface area contributed by atoms with E-state index in [1.54, 1.807) is 31.2 Å². The zero-order chi connectivity index (χ0) is 15.6. The van der Waals surface area contributed by atoms with Gasteiger partial charge in [0.05, 0.1) is 5.02 Å². The fourth-order valence-electron chi connectivity index (χ4n) is 1.91. The molecule has 0 fully saturated rings. The van der Waals surface area contributed by atoms with Gasteiger partial charge in [-0.3, -0.25) is 4.79 Å².